The predicted octanol–water partition coefficient (Wildman–Crippen LogP) is 3.53. The van der Waals surface area contributed by atoms with Gasteiger partial charge in [0.05, 0.1) is 24.0 Å². The van der Waals surface area contributed by atoms with Gasteiger partial charge in [-0.05, 0) is 31.8 Å². The number of aromatic nitrogens is 1. The van der Waals surface area contributed by atoms with Gasteiger partial charge in [0.25, 0.3) is 5.91 Å². The van der Waals surface area contributed by atoms with Crippen molar-refractivity contribution in [1.82, 2.24) is 14.8 Å². The maximum Gasteiger partial charge on any atom is 0.266 e. The number of nitrogens with zero attached hydrogens (tertiary/aromatic N) is 3. The summed E-state index contributed by atoms with van der Waals surface area (Å²) in [6.07, 6.45) is 4.07. The molecule has 0 aliphatic heterocycles. The van der Waals surface area contributed by atoms with Gasteiger partial charge in [-0.2, -0.15) is 0 Å². The van der Waals surface area contributed by atoms with Crippen molar-refractivity contribution in [2.75, 3.05) is 27.2 Å². The third-order valence-electron chi connectivity index (χ3n) is 3.99. The van der Waals surface area contributed by atoms with Crippen molar-refractivity contribution in [3.63, 3.8) is 0 Å². The van der Waals surface area contributed by atoms with E-state index in [9.17, 15) is 4.79 Å². The van der Waals surface area contributed by atoms with E-state index in [1.807, 2.05) is 49.3 Å². The maximum atomic E-state index is 13.0. The molecule has 0 saturated carbocycles. The first kappa shape index (κ1) is 18.4. The van der Waals surface area contributed by atoms with Crippen molar-refractivity contribution >= 4 is 17.2 Å². The van der Waals surface area contributed by atoms with E-state index in [-0.39, 0.29) is 5.91 Å². The highest BCUT2D eigenvalue weighted by atomic mass is 32.1. The van der Waals surface area contributed by atoms with Gasteiger partial charge >= 0.3 is 0 Å². The number of amides is 1. The fourth-order valence-electron chi connectivity index (χ4n) is 2.58. The number of thiazole rings is 1. The van der Waals surface area contributed by atoms with Crippen LogP contribution >= 0.6 is 11.3 Å². The van der Waals surface area contributed by atoms with Gasteiger partial charge in [0, 0.05) is 19.5 Å². The number of hydrogen-bond acceptors (Lipinski definition) is 5. The SMILES string of the molecule is CN(C)CCN(Cc1ccco1)C(=O)c1cnc(Cc2ccccc2)s1. The van der Waals surface area contributed by atoms with E-state index in [0.29, 0.717) is 18.0 Å². The number of benzene rings is 1. The van der Waals surface area contributed by atoms with Crippen LogP contribution in [0.15, 0.2) is 59.3 Å². The van der Waals surface area contributed by atoms with Crippen molar-refractivity contribution in [3.8, 4) is 0 Å². The van der Waals surface area contributed by atoms with Crippen LogP contribution in [0.1, 0.15) is 26.0 Å². The largest absolute Gasteiger partial charge is 0.467 e. The fraction of sp³-hybridized carbons (Fsp3) is 0.300. The second-order valence-corrected chi connectivity index (χ2v) is 7.51. The van der Waals surface area contributed by atoms with Crippen LogP contribution in [0, 0.1) is 0 Å². The van der Waals surface area contributed by atoms with Gasteiger partial charge in [0.15, 0.2) is 0 Å². The Labute approximate surface area is 157 Å². The zero-order valence-electron chi connectivity index (χ0n) is 15.1. The Balaban J connectivity index is 1.71. The van der Waals surface area contributed by atoms with Gasteiger partial charge in [0.2, 0.25) is 0 Å². The van der Waals surface area contributed by atoms with Crippen LogP contribution in [0.5, 0.6) is 0 Å². The number of rotatable bonds is 8. The Bertz CT molecular complexity index is 813. The van der Waals surface area contributed by atoms with Crippen molar-refractivity contribution in [2.24, 2.45) is 0 Å². The highest BCUT2D eigenvalue weighted by Crippen LogP contribution is 2.19. The van der Waals surface area contributed by atoms with Crippen LogP contribution in [-0.2, 0) is 13.0 Å². The molecule has 136 valence electrons. The molecule has 2 aromatic heterocycles. The van der Waals surface area contributed by atoms with Crippen LogP contribution in [0.25, 0.3) is 0 Å². The standard InChI is InChI=1S/C20H23N3O2S/c1-22(2)10-11-23(15-17-9-6-12-25-17)20(24)18-14-21-19(26-18)13-16-7-4-3-5-8-16/h3-9,12,14H,10-11,13,15H2,1-2H3. The molecule has 3 rings (SSSR count). The first-order valence-corrected chi connectivity index (χ1v) is 9.38. The molecule has 6 heteroatoms. The number of carbonyl (C=O) groups excluding carboxylic acids is 1. The lowest BCUT2D eigenvalue weighted by Gasteiger charge is -2.22. The number of carbonyl (C=O) groups is 1. The summed E-state index contributed by atoms with van der Waals surface area (Å²) in [5.41, 5.74) is 1.20. The van der Waals surface area contributed by atoms with Crippen molar-refractivity contribution in [2.45, 2.75) is 13.0 Å². The average molecular weight is 369 g/mol. The molecular formula is C20H23N3O2S. The Morgan fingerprint density at radius 3 is 2.62 bits per heavy atom. The zero-order valence-corrected chi connectivity index (χ0v) is 15.9. The molecule has 26 heavy (non-hydrogen) atoms. The lowest BCUT2D eigenvalue weighted by Crippen LogP contribution is -2.35. The molecule has 2 heterocycles. The van der Waals surface area contributed by atoms with E-state index in [1.165, 1.54) is 16.9 Å². The topological polar surface area (TPSA) is 49.6 Å². The Hall–Kier alpha value is -2.44. The molecule has 0 unspecified atom stereocenters. The molecule has 0 bridgehead atoms. The predicted molar refractivity (Wildman–Crippen MR) is 103 cm³/mol. The molecule has 0 fully saturated rings. The van der Waals surface area contributed by atoms with Gasteiger partial charge in [-0.1, -0.05) is 30.3 Å². The van der Waals surface area contributed by atoms with Gasteiger partial charge < -0.3 is 14.2 Å². The molecular weight excluding hydrogens is 346 g/mol. The lowest BCUT2D eigenvalue weighted by molar-refractivity contribution is 0.0724. The molecule has 0 saturated heterocycles. The quantitative estimate of drug-likeness (QED) is 0.609. The number of furan rings is 1. The van der Waals surface area contributed by atoms with Crippen LogP contribution in [-0.4, -0.2) is 47.9 Å². The first-order valence-electron chi connectivity index (χ1n) is 8.57. The second-order valence-electron chi connectivity index (χ2n) is 6.39. The molecule has 0 atom stereocenters. The highest BCUT2D eigenvalue weighted by Gasteiger charge is 2.20. The fourth-order valence-corrected chi connectivity index (χ4v) is 3.50. The molecule has 0 N–H and O–H groups in total. The normalized spacial score (nSPS) is 11.0. The third-order valence-corrected chi connectivity index (χ3v) is 4.98. The van der Waals surface area contributed by atoms with Crippen LogP contribution in [0.3, 0.4) is 0 Å². The van der Waals surface area contributed by atoms with E-state index in [0.717, 1.165) is 23.7 Å². The second kappa shape index (κ2) is 8.78. The van der Waals surface area contributed by atoms with Gasteiger partial charge in [-0.3, -0.25) is 4.79 Å². The minimum atomic E-state index is 0.0000571. The van der Waals surface area contributed by atoms with Gasteiger partial charge in [-0.15, -0.1) is 11.3 Å². The van der Waals surface area contributed by atoms with Gasteiger partial charge in [-0.25, -0.2) is 4.98 Å². The Morgan fingerprint density at radius 1 is 1.12 bits per heavy atom. The van der Waals surface area contributed by atoms with E-state index >= 15 is 0 Å². The number of likely N-dealkylation sites (N-methyl/N-ethyl adjacent to an activating group) is 1. The summed E-state index contributed by atoms with van der Waals surface area (Å²) in [4.78, 5) is 22.0. The summed E-state index contributed by atoms with van der Waals surface area (Å²) >= 11 is 1.46. The lowest BCUT2D eigenvalue weighted by atomic mass is 10.2. The van der Waals surface area contributed by atoms with Crippen molar-refractivity contribution in [1.29, 1.82) is 0 Å². The van der Waals surface area contributed by atoms with Gasteiger partial charge in [0.1, 0.15) is 10.6 Å². The minimum absolute atomic E-state index is 0.0000571. The molecule has 3 aromatic rings. The minimum Gasteiger partial charge on any atom is -0.467 e. The summed E-state index contributed by atoms with van der Waals surface area (Å²) in [6.45, 7) is 1.90. The van der Waals surface area contributed by atoms with Crippen LogP contribution < -0.4 is 0 Å². The summed E-state index contributed by atoms with van der Waals surface area (Å²) in [6, 6.07) is 13.9. The van der Waals surface area contributed by atoms with Crippen LogP contribution in [0.2, 0.25) is 0 Å². The molecule has 0 aliphatic carbocycles. The van der Waals surface area contributed by atoms with E-state index in [4.69, 9.17) is 4.42 Å². The van der Waals surface area contributed by atoms with E-state index in [1.54, 1.807) is 12.5 Å². The summed E-state index contributed by atoms with van der Waals surface area (Å²) < 4.78 is 5.42. The molecule has 0 radical (unpaired) electrons. The van der Waals surface area contributed by atoms with Crippen molar-refractivity contribution in [3.05, 3.63) is 76.1 Å². The monoisotopic (exact) mass is 369 g/mol. The smallest absolute Gasteiger partial charge is 0.266 e. The molecule has 0 aliphatic rings. The number of hydrogen-bond donors (Lipinski definition) is 0. The molecule has 5 nitrogen and oxygen atoms in total. The molecule has 1 amide bonds. The summed E-state index contributed by atoms with van der Waals surface area (Å²) in [5, 5.41) is 0.949. The zero-order chi connectivity index (χ0) is 18.4. The van der Waals surface area contributed by atoms with E-state index in [2.05, 4.69) is 22.0 Å². The highest BCUT2D eigenvalue weighted by molar-refractivity contribution is 7.13. The Kier molecular flexibility index (Phi) is 6.20. The summed E-state index contributed by atoms with van der Waals surface area (Å²) in [7, 11) is 4.00. The first-order chi connectivity index (χ1) is 12.6. The molecule has 1 aromatic carbocycles. The third kappa shape index (κ3) is 5.03. The van der Waals surface area contributed by atoms with Crippen molar-refractivity contribution < 1.29 is 9.21 Å². The maximum absolute atomic E-state index is 13.0. The van der Waals surface area contributed by atoms with E-state index < -0.39 is 0 Å². The van der Waals surface area contributed by atoms with Crippen LogP contribution in [0.4, 0.5) is 0 Å². The summed E-state index contributed by atoms with van der Waals surface area (Å²) in [5.74, 6) is 0.784. The Morgan fingerprint density at radius 2 is 1.92 bits per heavy atom. The average Bonchev–Trinajstić information content (AvgIpc) is 3.30. The molecule has 0 spiro atoms.